The summed E-state index contributed by atoms with van der Waals surface area (Å²) in [6.07, 6.45) is 7.32. The minimum absolute atomic E-state index is 0.102. The summed E-state index contributed by atoms with van der Waals surface area (Å²) in [6.45, 7) is 1.94. The van der Waals surface area contributed by atoms with Gasteiger partial charge in [-0.25, -0.2) is 0 Å². The van der Waals surface area contributed by atoms with Crippen LogP contribution in [0.1, 0.15) is 29.5 Å². The second-order valence-electron chi connectivity index (χ2n) is 6.46. The molecule has 0 radical (unpaired) electrons. The summed E-state index contributed by atoms with van der Waals surface area (Å²) in [6, 6.07) is 10.2. The number of ether oxygens (including phenoxy) is 1. The molecule has 1 aliphatic heterocycles. The SMILES string of the molecule is CN(Cc1ccoc1)C[C@H]1CC[C@@H](Cc2ccc(CO)cc2)O1. The zero-order chi connectivity index (χ0) is 16.1. The average molecular weight is 315 g/mol. The zero-order valence-electron chi connectivity index (χ0n) is 13.6. The predicted octanol–water partition coefficient (Wildman–Crippen LogP) is 2.99. The second kappa shape index (κ2) is 7.77. The molecule has 2 aromatic rings. The Morgan fingerprint density at radius 3 is 2.48 bits per heavy atom. The molecule has 2 atom stereocenters. The van der Waals surface area contributed by atoms with Crippen LogP contribution in [0.25, 0.3) is 0 Å². The molecule has 2 heterocycles. The van der Waals surface area contributed by atoms with Gasteiger partial charge >= 0.3 is 0 Å². The number of aliphatic hydroxyl groups is 1. The van der Waals surface area contributed by atoms with Crippen LogP contribution in [0.3, 0.4) is 0 Å². The molecule has 1 aromatic heterocycles. The molecule has 0 aliphatic carbocycles. The van der Waals surface area contributed by atoms with Crippen LogP contribution in [0.5, 0.6) is 0 Å². The first kappa shape index (κ1) is 16.2. The Kier molecular flexibility index (Phi) is 5.49. The molecule has 1 saturated heterocycles. The number of aliphatic hydroxyl groups excluding tert-OH is 1. The molecule has 4 nitrogen and oxygen atoms in total. The van der Waals surface area contributed by atoms with Crippen LogP contribution in [-0.4, -0.2) is 35.8 Å². The van der Waals surface area contributed by atoms with E-state index in [4.69, 9.17) is 14.3 Å². The zero-order valence-corrected chi connectivity index (χ0v) is 13.6. The van der Waals surface area contributed by atoms with Crippen LogP contribution >= 0.6 is 0 Å². The maximum absolute atomic E-state index is 9.09. The predicted molar refractivity (Wildman–Crippen MR) is 89.0 cm³/mol. The third-order valence-electron chi connectivity index (χ3n) is 4.41. The quantitative estimate of drug-likeness (QED) is 0.853. The number of furan rings is 1. The lowest BCUT2D eigenvalue weighted by Gasteiger charge is -2.21. The summed E-state index contributed by atoms with van der Waals surface area (Å²) in [4.78, 5) is 2.29. The van der Waals surface area contributed by atoms with Crippen molar-refractivity contribution in [1.82, 2.24) is 4.90 Å². The molecule has 3 rings (SSSR count). The van der Waals surface area contributed by atoms with E-state index < -0.39 is 0 Å². The Morgan fingerprint density at radius 1 is 1.04 bits per heavy atom. The molecule has 0 spiro atoms. The van der Waals surface area contributed by atoms with E-state index in [0.29, 0.717) is 12.2 Å². The highest BCUT2D eigenvalue weighted by Crippen LogP contribution is 2.24. The molecule has 0 amide bonds. The van der Waals surface area contributed by atoms with Gasteiger partial charge in [0.05, 0.1) is 31.3 Å². The lowest BCUT2D eigenvalue weighted by atomic mass is 10.0. The fourth-order valence-corrected chi connectivity index (χ4v) is 3.21. The Hall–Kier alpha value is -1.62. The van der Waals surface area contributed by atoms with Crippen LogP contribution in [-0.2, 0) is 24.3 Å². The number of rotatable bonds is 7. The lowest BCUT2D eigenvalue weighted by molar-refractivity contribution is 0.0267. The van der Waals surface area contributed by atoms with Gasteiger partial charge in [-0.3, -0.25) is 4.90 Å². The smallest absolute Gasteiger partial charge is 0.0947 e. The number of hydrogen-bond acceptors (Lipinski definition) is 4. The van der Waals surface area contributed by atoms with Crippen molar-refractivity contribution in [2.45, 2.75) is 44.6 Å². The Bertz CT molecular complexity index is 579. The summed E-state index contributed by atoms with van der Waals surface area (Å²) in [5, 5.41) is 9.09. The normalized spacial score (nSPS) is 21.2. The molecule has 23 heavy (non-hydrogen) atoms. The van der Waals surface area contributed by atoms with Gasteiger partial charge in [0.1, 0.15) is 0 Å². The molecule has 0 bridgehead atoms. The van der Waals surface area contributed by atoms with Crippen molar-refractivity contribution in [3.63, 3.8) is 0 Å². The van der Waals surface area contributed by atoms with Gasteiger partial charge < -0.3 is 14.3 Å². The van der Waals surface area contributed by atoms with Gasteiger partial charge in [-0.05, 0) is 43.5 Å². The van der Waals surface area contributed by atoms with Crippen molar-refractivity contribution in [2.24, 2.45) is 0 Å². The van der Waals surface area contributed by atoms with Crippen LogP contribution < -0.4 is 0 Å². The van der Waals surface area contributed by atoms with E-state index in [-0.39, 0.29) is 6.61 Å². The van der Waals surface area contributed by atoms with E-state index in [1.165, 1.54) is 11.1 Å². The Labute approximate surface area is 137 Å². The molecule has 124 valence electrons. The van der Waals surface area contributed by atoms with Crippen molar-refractivity contribution in [1.29, 1.82) is 0 Å². The molecule has 0 unspecified atom stereocenters. The van der Waals surface area contributed by atoms with E-state index in [9.17, 15) is 0 Å². The number of hydrogen-bond donors (Lipinski definition) is 1. The molecule has 1 fully saturated rings. The summed E-state index contributed by atoms with van der Waals surface area (Å²) < 4.78 is 11.3. The van der Waals surface area contributed by atoms with Crippen molar-refractivity contribution < 1.29 is 14.3 Å². The largest absolute Gasteiger partial charge is 0.472 e. The third-order valence-corrected chi connectivity index (χ3v) is 4.41. The molecular formula is C19H25NO3. The number of nitrogens with zero attached hydrogens (tertiary/aromatic N) is 1. The summed E-state index contributed by atoms with van der Waals surface area (Å²) in [7, 11) is 2.12. The highest BCUT2D eigenvalue weighted by atomic mass is 16.5. The van der Waals surface area contributed by atoms with Crippen molar-refractivity contribution in [3.05, 3.63) is 59.5 Å². The van der Waals surface area contributed by atoms with Crippen LogP contribution in [0.15, 0.2) is 47.3 Å². The molecular weight excluding hydrogens is 290 g/mol. The fourth-order valence-electron chi connectivity index (χ4n) is 3.21. The first-order chi connectivity index (χ1) is 11.2. The van der Waals surface area contributed by atoms with Gasteiger partial charge in [-0.15, -0.1) is 0 Å². The van der Waals surface area contributed by atoms with E-state index in [1.807, 2.05) is 18.2 Å². The van der Waals surface area contributed by atoms with Gasteiger partial charge in [0.2, 0.25) is 0 Å². The number of benzene rings is 1. The van der Waals surface area contributed by atoms with E-state index in [2.05, 4.69) is 24.1 Å². The highest BCUT2D eigenvalue weighted by molar-refractivity contribution is 5.22. The summed E-state index contributed by atoms with van der Waals surface area (Å²) >= 11 is 0. The maximum atomic E-state index is 9.09. The van der Waals surface area contributed by atoms with Gasteiger partial charge in [-0.1, -0.05) is 24.3 Å². The highest BCUT2D eigenvalue weighted by Gasteiger charge is 2.26. The third kappa shape index (κ3) is 4.67. The van der Waals surface area contributed by atoms with Gasteiger partial charge in [0.15, 0.2) is 0 Å². The topological polar surface area (TPSA) is 45.8 Å². The Balaban J connectivity index is 1.44. The molecule has 1 N–H and O–H groups in total. The van der Waals surface area contributed by atoms with Crippen molar-refractivity contribution in [2.75, 3.05) is 13.6 Å². The lowest BCUT2D eigenvalue weighted by Crippen LogP contribution is -2.29. The molecule has 0 saturated carbocycles. The van der Waals surface area contributed by atoms with E-state index in [0.717, 1.165) is 37.9 Å². The second-order valence-corrected chi connectivity index (χ2v) is 6.46. The van der Waals surface area contributed by atoms with Crippen LogP contribution in [0.4, 0.5) is 0 Å². The fraction of sp³-hybridized carbons (Fsp3) is 0.474. The summed E-state index contributed by atoms with van der Waals surface area (Å²) in [5.74, 6) is 0. The van der Waals surface area contributed by atoms with Gasteiger partial charge in [0, 0.05) is 18.7 Å². The number of likely N-dealkylation sites (N-methyl/N-ethyl adjacent to an activating group) is 1. The van der Waals surface area contributed by atoms with Gasteiger partial charge in [-0.2, -0.15) is 0 Å². The maximum Gasteiger partial charge on any atom is 0.0947 e. The monoisotopic (exact) mass is 315 g/mol. The first-order valence-corrected chi connectivity index (χ1v) is 8.26. The van der Waals surface area contributed by atoms with E-state index >= 15 is 0 Å². The standard InChI is InChI=1S/C19H25NO3/c1-20(11-17-8-9-22-14-17)12-19-7-6-18(23-19)10-15-2-4-16(13-21)5-3-15/h2-5,8-9,14,18-19,21H,6-7,10-13H2,1H3/t18-,19+/m0/s1. The minimum Gasteiger partial charge on any atom is -0.472 e. The average Bonchev–Trinajstić information content (AvgIpc) is 3.20. The van der Waals surface area contributed by atoms with E-state index in [1.54, 1.807) is 12.5 Å². The van der Waals surface area contributed by atoms with Crippen LogP contribution in [0, 0.1) is 0 Å². The molecule has 4 heteroatoms. The molecule has 1 aliphatic rings. The first-order valence-electron chi connectivity index (χ1n) is 8.26. The van der Waals surface area contributed by atoms with Crippen molar-refractivity contribution >= 4 is 0 Å². The Morgan fingerprint density at radius 2 is 1.78 bits per heavy atom. The summed E-state index contributed by atoms with van der Waals surface area (Å²) in [5.41, 5.74) is 3.44. The van der Waals surface area contributed by atoms with Crippen molar-refractivity contribution in [3.8, 4) is 0 Å². The molecule has 1 aromatic carbocycles. The minimum atomic E-state index is 0.102. The van der Waals surface area contributed by atoms with Crippen LogP contribution in [0.2, 0.25) is 0 Å². The van der Waals surface area contributed by atoms with Gasteiger partial charge in [0.25, 0.3) is 0 Å².